The predicted octanol–water partition coefficient (Wildman–Crippen LogP) is 3.49. The van der Waals surface area contributed by atoms with Crippen LogP contribution in [-0.2, 0) is 6.42 Å². The summed E-state index contributed by atoms with van der Waals surface area (Å²) in [6, 6.07) is 7.69. The zero-order valence-electron chi connectivity index (χ0n) is 12.9. The molecule has 0 aromatic carbocycles. The van der Waals surface area contributed by atoms with E-state index in [1.165, 1.54) is 0 Å². The first-order valence-corrected chi connectivity index (χ1v) is 7.48. The summed E-state index contributed by atoms with van der Waals surface area (Å²) in [6.07, 6.45) is 5.35. The van der Waals surface area contributed by atoms with Crippen LogP contribution in [0.25, 0.3) is 0 Å². The third-order valence-electron chi connectivity index (χ3n) is 3.47. The Labute approximate surface area is 126 Å². The maximum absolute atomic E-state index is 12.4. The molecule has 0 radical (unpaired) electrons. The highest BCUT2D eigenvalue weighted by Gasteiger charge is 2.18. The first kappa shape index (κ1) is 15.3. The van der Waals surface area contributed by atoms with Crippen LogP contribution in [0.2, 0.25) is 0 Å². The predicted molar refractivity (Wildman–Crippen MR) is 84.1 cm³/mol. The van der Waals surface area contributed by atoms with E-state index >= 15 is 0 Å². The Morgan fingerprint density at radius 1 is 1.33 bits per heavy atom. The molecule has 0 aliphatic carbocycles. The number of nitrogens with one attached hydrogen (secondary N) is 2. The molecule has 4 nitrogen and oxygen atoms in total. The van der Waals surface area contributed by atoms with Crippen LogP contribution in [-0.4, -0.2) is 15.9 Å². The molecule has 0 saturated heterocycles. The molecule has 21 heavy (non-hydrogen) atoms. The Morgan fingerprint density at radius 2 is 2.14 bits per heavy atom. The van der Waals surface area contributed by atoms with Gasteiger partial charge in [0, 0.05) is 18.1 Å². The number of H-pyrrole nitrogens is 1. The highest BCUT2D eigenvalue weighted by Crippen LogP contribution is 2.21. The second-order valence-corrected chi connectivity index (χ2v) is 5.69. The van der Waals surface area contributed by atoms with Gasteiger partial charge in [0.25, 0.3) is 5.91 Å². The van der Waals surface area contributed by atoms with Crippen LogP contribution in [0.3, 0.4) is 0 Å². The van der Waals surface area contributed by atoms with E-state index in [-0.39, 0.29) is 11.9 Å². The Hall–Kier alpha value is -2.10. The zero-order chi connectivity index (χ0) is 15.2. The number of aromatic nitrogens is 2. The first-order chi connectivity index (χ1) is 10.1. The molecule has 0 aliphatic heterocycles. The lowest BCUT2D eigenvalue weighted by atomic mass is 9.98. The van der Waals surface area contributed by atoms with Crippen molar-refractivity contribution < 1.29 is 4.79 Å². The summed E-state index contributed by atoms with van der Waals surface area (Å²) in [5.41, 5.74) is 2.73. The van der Waals surface area contributed by atoms with E-state index in [2.05, 4.69) is 36.1 Å². The van der Waals surface area contributed by atoms with Crippen molar-refractivity contribution in [1.29, 1.82) is 0 Å². The minimum atomic E-state index is -0.0656. The van der Waals surface area contributed by atoms with Crippen LogP contribution < -0.4 is 5.32 Å². The second-order valence-electron chi connectivity index (χ2n) is 5.69. The highest BCUT2D eigenvalue weighted by atomic mass is 16.1. The molecule has 2 N–H and O–H groups in total. The van der Waals surface area contributed by atoms with Gasteiger partial charge >= 0.3 is 0 Å². The van der Waals surface area contributed by atoms with Gasteiger partial charge in [-0.05, 0) is 42.5 Å². The smallest absolute Gasteiger partial charge is 0.268 e. The standard InChI is InChI=1S/C17H23N3O/c1-4-14-7-8-15(19-14)17(21)20-16(10-12(2)3)13-6-5-9-18-11-13/h5-9,11-12,16,19H,4,10H2,1-3H3,(H,20,21). The fourth-order valence-electron chi connectivity index (χ4n) is 2.35. The SMILES string of the molecule is CCc1ccc(C(=O)NC(CC(C)C)c2cccnc2)[nH]1. The fourth-order valence-corrected chi connectivity index (χ4v) is 2.35. The number of aryl methyl sites for hydroxylation is 1. The number of hydrogen-bond acceptors (Lipinski definition) is 2. The van der Waals surface area contributed by atoms with E-state index in [0.29, 0.717) is 11.6 Å². The number of aromatic amines is 1. The maximum atomic E-state index is 12.4. The van der Waals surface area contributed by atoms with Crippen molar-refractivity contribution in [3.8, 4) is 0 Å². The molecule has 4 heteroatoms. The van der Waals surface area contributed by atoms with Gasteiger partial charge in [-0.2, -0.15) is 0 Å². The van der Waals surface area contributed by atoms with Gasteiger partial charge in [0.05, 0.1) is 6.04 Å². The Morgan fingerprint density at radius 3 is 2.71 bits per heavy atom. The van der Waals surface area contributed by atoms with Gasteiger partial charge in [-0.3, -0.25) is 9.78 Å². The van der Waals surface area contributed by atoms with Crippen molar-refractivity contribution in [3.05, 3.63) is 53.6 Å². The monoisotopic (exact) mass is 285 g/mol. The van der Waals surface area contributed by atoms with Gasteiger partial charge in [0.15, 0.2) is 0 Å². The molecular formula is C17H23N3O. The summed E-state index contributed by atoms with van der Waals surface area (Å²) in [5, 5.41) is 3.11. The van der Waals surface area contributed by atoms with Gasteiger partial charge in [-0.15, -0.1) is 0 Å². The van der Waals surface area contributed by atoms with Gasteiger partial charge in [-0.25, -0.2) is 0 Å². The fraction of sp³-hybridized carbons (Fsp3) is 0.412. The third-order valence-corrected chi connectivity index (χ3v) is 3.47. The number of hydrogen-bond donors (Lipinski definition) is 2. The number of rotatable bonds is 6. The van der Waals surface area contributed by atoms with Crippen LogP contribution in [0.5, 0.6) is 0 Å². The van der Waals surface area contributed by atoms with E-state index in [0.717, 1.165) is 24.1 Å². The van der Waals surface area contributed by atoms with Crippen LogP contribution in [0.4, 0.5) is 0 Å². The molecule has 2 aromatic rings. The van der Waals surface area contributed by atoms with E-state index in [1.54, 1.807) is 6.20 Å². The van der Waals surface area contributed by atoms with Crippen molar-refractivity contribution in [3.63, 3.8) is 0 Å². The van der Waals surface area contributed by atoms with Crippen molar-refractivity contribution in [1.82, 2.24) is 15.3 Å². The molecule has 0 spiro atoms. The Balaban J connectivity index is 2.13. The minimum Gasteiger partial charge on any atom is -0.354 e. The average Bonchev–Trinajstić information content (AvgIpc) is 2.96. The summed E-state index contributed by atoms with van der Waals surface area (Å²) in [6.45, 7) is 6.36. The van der Waals surface area contributed by atoms with Gasteiger partial charge in [-0.1, -0.05) is 26.8 Å². The Kier molecular flexibility index (Phi) is 5.14. The van der Waals surface area contributed by atoms with E-state index in [4.69, 9.17) is 0 Å². The van der Waals surface area contributed by atoms with Crippen LogP contribution in [0.1, 0.15) is 55.0 Å². The molecule has 0 fully saturated rings. The molecule has 2 rings (SSSR count). The van der Waals surface area contributed by atoms with Crippen LogP contribution in [0, 0.1) is 5.92 Å². The largest absolute Gasteiger partial charge is 0.354 e. The summed E-state index contributed by atoms with van der Waals surface area (Å²) in [5.74, 6) is 0.426. The lowest BCUT2D eigenvalue weighted by Crippen LogP contribution is -2.29. The number of pyridine rings is 1. The van der Waals surface area contributed by atoms with Gasteiger partial charge < -0.3 is 10.3 Å². The number of carbonyl (C=O) groups excluding carboxylic acids is 1. The number of nitrogens with zero attached hydrogens (tertiary/aromatic N) is 1. The summed E-state index contributed by atoms with van der Waals surface area (Å²) >= 11 is 0. The normalized spacial score (nSPS) is 12.4. The summed E-state index contributed by atoms with van der Waals surface area (Å²) in [7, 11) is 0. The molecule has 1 amide bonds. The first-order valence-electron chi connectivity index (χ1n) is 7.48. The molecule has 2 heterocycles. The molecule has 0 saturated carbocycles. The topological polar surface area (TPSA) is 57.8 Å². The molecule has 2 aromatic heterocycles. The number of carbonyl (C=O) groups is 1. The van der Waals surface area contributed by atoms with Crippen molar-refractivity contribution in [2.75, 3.05) is 0 Å². The van der Waals surface area contributed by atoms with Crippen molar-refractivity contribution in [2.45, 2.75) is 39.7 Å². The molecular weight excluding hydrogens is 262 g/mol. The molecule has 0 aliphatic rings. The molecule has 0 bridgehead atoms. The molecule has 1 atom stereocenters. The highest BCUT2D eigenvalue weighted by molar-refractivity contribution is 5.92. The maximum Gasteiger partial charge on any atom is 0.268 e. The molecule has 1 unspecified atom stereocenters. The van der Waals surface area contributed by atoms with Gasteiger partial charge in [0.2, 0.25) is 0 Å². The van der Waals surface area contributed by atoms with E-state index in [9.17, 15) is 4.79 Å². The minimum absolute atomic E-state index is 0.0143. The zero-order valence-corrected chi connectivity index (χ0v) is 12.9. The molecule has 112 valence electrons. The Bertz CT molecular complexity index is 575. The second kappa shape index (κ2) is 7.07. The van der Waals surface area contributed by atoms with Crippen molar-refractivity contribution >= 4 is 5.91 Å². The summed E-state index contributed by atoms with van der Waals surface area (Å²) < 4.78 is 0. The van der Waals surface area contributed by atoms with Crippen molar-refractivity contribution in [2.24, 2.45) is 5.92 Å². The van der Waals surface area contributed by atoms with E-state index < -0.39 is 0 Å². The average molecular weight is 285 g/mol. The quantitative estimate of drug-likeness (QED) is 0.853. The summed E-state index contributed by atoms with van der Waals surface area (Å²) in [4.78, 5) is 19.7. The third kappa shape index (κ3) is 4.18. The lowest BCUT2D eigenvalue weighted by Gasteiger charge is -2.20. The lowest BCUT2D eigenvalue weighted by molar-refractivity contribution is 0.0927. The number of amides is 1. The van der Waals surface area contributed by atoms with Crippen LogP contribution in [0.15, 0.2) is 36.7 Å². The van der Waals surface area contributed by atoms with Crippen LogP contribution >= 0.6 is 0 Å². The van der Waals surface area contributed by atoms with Gasteiger partial charge in [0.1, 0.15) is 5.69 Å². The van der Waals surface area contributed by atoms with E-state index in [1.807, 2.05) is 30.5 Å².